The van der Waals surface area contributed by atoms with Gasteiger partial charge in [0.25, 0.3) is 0 Å². The van der Waals surface area contributed by atoms with Crippen LogP contribution >= 0.6 is 0 Å². The van der Waals surface area contributed by atoms with Crippen LogP contribution in [0.5, 0.6) is 0 Å². The lowest BCUT2D eigenvalue weighted by molar-refractivity contribution is -0.0320. The highest BCUT2D eigenvalue weighted by atomic mass is 16.5. The van der Waals surface area contributed by atoms with Crippen molar-refractivity contribution in [2.24, 2.45) is 4.99 Å². The van der Waals surface area contributed by atoms with Gasteiger partial charge < -0.3 is 20.1 Å². The number of nitrogens with zero attached hydrogens (tertiary/aromatic N) is 1. The van der Waals surface area contributed by atoms with E-state index in [4.69, 9.17) is 14.5 Å². The van der Waals surface area contributed by atoms with Crippen molar-refractivity contribution in [2.75, 3.05) is 39.5 Å². The molecule has 0 bridgehead atoms. The zero-order valence-corrected chi connectivity index (χ0v) is 16.6. The van der Waals surface area contributed by atoms with Crippen LogP contribution in [-0.4, -0.2) is 51.5 Å². The van der Waals surface area contributed by atoms with Gasteiger partial charge in [-0.2, -0.15) is 0 Å². The van der Waals surface area contributed by atoms with Crippen LogP contribution in [0.4, 0.5) is 0 Å². The molecular weight excluding hydrogens is 326 g/mol. The zero-order valence-electron chi connectivity index (χ0n) is 16.6. The van der Waals surface area contributed by atoms with E-state index < -0.39 is 0 Å². The number of rotatable bonds is 9. The van der Waals surface area contributed by atoms with Crippen LogP contribution in [-0.2, 0) is 9.47 Å². The van der Waals surface area contributed by atoms with Gasteiger partial charge in [0.1, 0.15) is 0 Å². The maximum Gasteiger partial charge on any atom is 0.191 e. The molecule has 0 saturated carbocycles. The molecule has 146 valence electrons. The summed E-state index contributed by atoms with van der Waals surface area (Å²) in [4.78, 5) is 4.74. The number of benzene rings is 1. The number of nitrogens with one attached hydrogen (secondary N) is 2. The van der Waals surface area contributed by atoms with E-state index in [1.54, 1.807) is 0 Å². The largest absolute Gasteiger partial charge is 0.381 e. The molecule has 1 fully saturated rings. The number of guanidine groups is 1. The molecule has 0 radical (unpaired) electrons. The molecule has 2 rings (SSSR count). The van der Waals surface area contributed by atoms with Crippen molar-refractivity contribution in [1.82, 2.24) is 10.6 Å². The molecule has 0 spiro atoms. The van der Waals surface area contributed by atoms with E-state index in [1.807, 2.05) is 0 Å². The molecule has 0 aromatic heterocycles. The molecule has 1 heterocycles. The maximum atomic E-state index is 5.91. The van der Waals surface area contributed by atoms with Gasteiger partial charge in [-0.1, -0.05) is 36.8 Å². The summed E-state index contributed by atoms with van der Waals surface area (Å²) in [6.45, 7) is 11.4. The SMILES string of the molecule is CCNC(=NCC(C)c1ccc(C)cc1)NCCCOC1CCOCC1. The molecule has 1 aromatic rings. The second-order valence-electron chi connectivity index (χ2n) is 6.99. The summed E-state index contributed by atoms with van der Waals surface area (Å²) in [7, 11) is 0. The summed E-state index contributed by atoms with van der Waals surface area (Å²) in [5, 5.41) is 6.73. The van der Waals surface area contributed by atoms with Gasteiger partial charge in [-0.3, -0.25) is 4.99 Å². The van der Waals surface area contributed by atoms with E-state index >= 15 is 0 Å². The van der Waals surface area contributed by atoms with Crippen molar-refractivity contribution in [2.45, 2.75) is 52.1 Å². The fraction of sp³-hybridized carbons (Fsp3) is 0.667. The topological polar surface area (TPSA) is 54.9 Å². The number of hydrogen-bond donors (Lipinski definition) is 2. The van der Waals surface area contributed by atoms with Crippen molar-refractivity contribution in [3.8, 4) is 0 Å². The summed E-state index contributed by atoms with van der Waals surface area (Å²) >= 11 is 0. The summed E-state index contributed by atoms with van der Waals surface area (Å²) < 4.78 is 11.3. The van der Waals surface area contributed by atoms with Gasteiger partial charge in [0.15, 0.2) is 5.96 Å². The van der Waals surface area contributed by atoms with Crippen LogP contribution in [0.25, 0.3) is 0 Å². The van der Waals surface area contributed by atoms with Gasteiger partial charge >= 0.3 is 0 Å². The summed E-state index contributed by atoms with van der Waals surface area (Å²) in [6.07, 6.45) is 3.40. The lowest BCUT2D eigenvalue weighted by Crippen LogP contribution is -2.38. The van der Waals surface area contributed by atoms with Crippen LogP contribution < -0.4 is 10.6 Å². The van der Waals surface area contributed by atoms with Gasteiger partial charge in [0.2, 0.25) is 0 Å². The second-order valence-corrected chi connectivity index (χ2v) is 6.99. The normalized spacial score (nSPS) is 17.1. The first-order valence-electron chi connectivity index (χ1n) is 9.97. The van der Waals surface area contributed by atoms with Gasteiger partial charge in [-0.15, -0.1) is 0 Å². The molecule has 1 aliphatic rings. The fourth-order valence-corrected chi connectivity index (χ4v) is 2.94. The van der Waals surface area contributed by atoms with Gasteiger partial charge in [-0.05, 0) is 38.7 Å². The Morgan fingerprint density at radius 2 is 1.96 bits per heavy atom. The first-order chi connectivity index (χ1) is 12.7. The van der Waals surface area contributed by atoms with Crippen LogP contribution in [0.2, 0.25) is 0 Å². The van der Waals surface area contributed by atoms with Crippen molar-refractivity contribution in [3.05, 3.63) is 35.4 Å². The van der Waals surface area contributed by atoms with Crippen LogP contribution in [0.1, 0.15) is 50.2 Å². The molecule has 1 unspecified atom stereocenters. The molecule has 0 aliphatic carbocycles. The van der Waals surface area contributed by atoms with Crippen LogP contribution in [0.3, 0.4) is 0 Å². The number of hydrogen-bond acceptors (Lipinski definition) is 3. The lowest BCUT2D eigenvalue weighted by Gasteiger charge is -2.22. The molecule has 1 saturated heterocycles. The van der Waals surface area contributed by atoms with Crippen LogP contribution in [0, 0.1) is 6.92 Å². The number of aliphatic imine (C=N–C) groups is 1. The Hall–Kier alpha value is -1.59. The predicted octanol–water partition coefficient (Wildman–Crippen LogP) is 3.24. The van der Waals surface area contributed by atoms with Crippen molar-refractivity contribution < 1.29 is 9.47 Å². The Kier molecular flexibility index (Phi) is 9.50. The Labute approximate surface area is 158 Å². The fourth-order valence-electron chi connectivity index (χ4n) is 2.94. The summed E-state index contributed by atoms with van der Waals surface area (Å²) in [6, 6.07) is 8.72. The minimum Gasteiger partial charge on any atom is -0.381 e. The molecule has 0 amide bonds. The highest BCUT2D eigenvalue weighted by Gasteiger charge is 2.13. The van der Waals surface area contributed by atoms with E-state index in [1.165, 1.54) is 11.1 Å². The standard InChI is InChI=1S/C21H35N3O2/c1-4-22-21(23-12-5-13-26-20-10-14-25-15-11-20)24-16-18(3)19-8-6-17(2)7-9-19/h6-9,18,20H,4-5,10-16H2,1-3H3,(H2,22,23,24). The lowest BCUT2D eigenvalue weighted by atomic mass is 10.0. The molecular formula is C21H35N3O2. The Morgan fingerprint density at radius 3 is 2.65 bits per heavy atom. The first kappa shape index (κ1) is 20.7. The third kappa shape index (κ3) is 7.75. The minimum absolute atomic E-state index is 0.376. The summed E-state index contributed by atoms with van der Waals surface area (Å²) in [5.41, 5.74) is 2.63. The third-order valence-electron chi connectivity index (χ3n) is 4.65. The molecule has 1 atom stereocenters. The molecule has 5 heteroatoms. The Balaban J connectivity index is 1.69. The molecule has 26 heavy (non-hydrogen) atoms. The van der Waals surface area contributed by atoms with E-state index in [-0.39, 0.29) is 0 Å². The first-order valence-corrected chi connectivity index (χ1v) is 9.97. The zero-order chi connectivity index (χ0) is 18.6. The van der Waals surface area contributed by atoms with Gasteiger partial charge in [0.05, 0.1) is 6.10 Å². The Morgan fingerprint density at radius 1 is 1.23 bits per heavy atom. The Bertz CT molecular complexity index is 525. The molecule has 2 N–H and O–H groups in total. The third-order valence-corrected chi connectivity index (χ3v) is 4.65. The smallest absolute Gasteiger partial charge is 0.191 e. The van der Waals surface area contributed by atoms with Crippen molar-refractivity contribution >= 4 is 5.96 Å². The minimum atomic E-state index is 0.376. The van der Waals surface area contributed by atoms with Crippen LogP contribution in [0.15, 0.2) is 29.3 Å². The van der Waals surface area contributed by atoms with E-state index in [2.05, 4.69) is 55.7 Å². The number of ether oxygens (including phenoxy) is 2. The van der Waals surface area contributed by atoms with E-state index in [9.17, 15) is 0 Å². The van der Waals surface area contributed by atoms with Gasteiger partial charge in [0, 0.05) is 45.4 Å². The molecule has 1 aromatic carbocycles. The maximum absolute atomic E-state index is 5.91. The van der Waals surface area contributed by atoms with Crippen molar-refractivity contribution in [1.29, 1.82) is 0 Å². The van der Waals surface area contributed by atoms with Gasteiger partial charge in [-0.25, -0.2) is 0 Å². The quantitative estimate of drug-likeness (QED) is 0.403. The highest BCUT2D eigenvalue weighted by molar-refractivity contribution is 5.79. The van der Waals surface area contributed by atoms with E-state index in [0.717, 1.165) is 64.7 Å². The molecule has 5 nitrogen and oxygen atoms in total. The average Bonchev–Trinajstić information content (AvgIpc) is 2.67. The number of aryl methyl sites for hydroxylation is 1. The molecule has 1 aliphatic heterocycles. The summed E-state index contributed by atoms with van der Waals surface area (Å²) in [5.74, 6) is 1.29. The van der Waals surface area contributed by atoms with E-state index in [0.29, 0.717) is 12.0 Å². The highest BCUT2D eigenvalue weighted by Crippen LogP contribution is 2.16. The second kappa shape index (κ2) is 11.9. The average molecular weight is 362 g/mol. The predicted molar refractivity (Wildman–Crippen MR) is 108 cm³/mol. The van der Waals surface area contributed by atoms with Crippen molar-refractivity contribution in [3.63, 3.8) is 0 Å². The monoisotopic (exact) mass is 361 g/mol.